The predicted molar refractivity (Wildman–Crippen MR) is 110 cm³/mol. The van der Waals surface area contributed by atoms with Crippen molar-refractivity contribution in [2.24, 2.45) is 0 Å². The number of carbonyl (C=O) groups excluding carboxylic acids is 1. The molecule has 31 heavy (non-hydrogen) atoms. The third-order valence-corrected chi connectivity index (χ3v) is 4.44. The molecule has 0 aromatic heterocycles. The maximum atomic E-state index is 12.9. The lowest BCUT2D eigenvalue weighted by atomic mass is 10.1. The number of halogens is 3. The van der Waals surface area contributed by atoms with Gasteiger partial charge in [-0.2, -0.15) is 13.2 Å². The van der Waals surface area contributed by atoms with Crippen molar-refractivity contribution in [2.45, 2.75) is 12.8 Å². The van der Waals surface area contributed by atoms with Crippen molar-refractivity contribution in [1.82, 2.24) is 0 Å². The summed E-state index contributed by atoms with van der Waals surface area (Å²) in [5.74, 6) is 1.02. The van der Waals surface area contributed by atoms with Crippen molar-refractivity contribution >= 4 is 11.6 Å². The van der Waals surface area contributed by atoms with E-state index < -0.39 is 17.6 Å². The van der Waals surface area contributed by atoms with E-state index >= 15 is 0 Å². The molecule has 0 spiro atoms. The molecule has 0 heterocycles. The molecule has 0 aliphatic carbocycles. The fourth-order valence-electron chi connectivity index (χ4n) is 2.90. The quantitative estimate of drug-likeness (QED) is 0.533. The van der Waals surface area contributed by atoms with Gasteiger partial charge in [-0.15, -0.1) is 0 Å². The Bertz CT molecular complexity index is 1070. The number of hydrogen-bond acceptors (Lipinski definition) is 4. The van der Waals surface area contributed by atoms with Crippen molar-refractivity contribution in [3.05, 3.63) is 83.4 Å². The first-order valence-corrected chi connectivity index (χ1v) is 9.23. The van der Waals surface area contributed by atoms with Gasteiger partial charge in [-0.3, -0.25) is 4.79 Å². The summed E-state index contributed by atoms with van der Waals surface area (Å²) in [5.41, 5.74) is 0.0373. The van der Waals surface area contributed by atoms with Crippen molar-refractivity contribution in [1.29, 1.82) is 0 Å². The van der Waals surface area contributed by atoms with Crippen LogP contribution >= 0.6 is 0 Å². The van der Waals surface area contributed by atoms with Crippen molar-refractivity contribution in [2.75, 3.05) is 19.5 Å². The van der Waals surface area contributed by atoms with Gasteiger partial charge in [0.1, 0.15) is 12.4 Å². The number of para-hydroxylation sites is 2. The Hall–Kier alpha value is -3.68. The van der Waals surface area contributed by atoms with Gasteiger partial charge in [-0.25, -0.2) is 0 Å². The number of methoxy groups -OCH3 is 2. The Morgan fingerprint density at radius 1 is 0.871 bits per heavy atom. The van der Waals surface area contributed by atoms with Crippen LogP contribution < -0.4 is 19.5 Å². The largest absolute Gasteiger partial charge is 0.496 e. The zero-order valence-corrected chi connectivity index (χ0v) is 16.8. The van der Waals surface area contributed by atoms with E-state index in [4.69, 9.17) is 14.2 Å². The van der Waals surface area contributed by atoms with E-state index in [0.29, 0.717) is 22.8 Å². The molecule has 0 aliphatic rings. The van der Waals surface area contributed by atoms with E-state index in [2.05, 4.69) is 5.32 Å². The Labute approximate surface area is 177 Å². The van der Waals surface area contributed by atoms with Crippen LogP contribution in [0.5, 0.6) is 17.2 Å². The van der Waals surface area contributed by atoms with Crippen molar-refractivity contribution in [3.8, 4) is 17.2 Å². The summed E-state index contributed by atoms with van der Waals surface area (Å²) < 4.78 is 55.1. The molecule has 3 aromatic carbocycles. The topological polar surface area (TPSA) is 56.8 Å². The summed E-state index contributed by atoms with van der Waals surface area (Å²) in [4.78, 5) is 12.6. The Balaban J connectivity index is 1.79. The van der Waals surface area contributed by atoms with Gasteiger partial charge < -0.3 is 19.5 Å². The van der Waals surface area contributed by atoms with Gasteiger partial charge in [0.2, 0.25) is 0 Å². The van der Waals surface area contributed by atoms with Crippen LogP contribution in [0.3, 0.4) is 0 Å². The number of amides is 1. The molecule has 0 unspecified atom stereocenters. The third kappa shape index (κ3) is 5.48. The Morgan fingerprint density at radius 2 is 1.58 bits per heavy atom. The van der Waals surface area contributed by atoms with Gasteiger partial charge in [-0.1, -0.05) is 18.2 Å². The maximum absolute atomic E-state index is 12.9. The number of hydrogen-bond donors (Lipinski definition) is 1. The Morgan fingerprint density at radius 3 is 2.26 bits per heavy atom. The number of nitrogens with one attached hydrogen (secondary N) is 1. The molecule has 3 rings (SSSR count). The lowest BCUT2D eigenvalue weighted by Gasteiger charge is -2.14. The second-order valence-corrected chi connectivity index (χ2v) is 6.50. The number of anilines is 1. The summed E-state index contributed by atoms with van der Waals surface area (Å²) in [6, 6.07) is 16.2. The summed E-state index contributed by atoms with van der Waals surface area (Å²) in [6.45, 7) is 0.0915. The zero-order chi connectivity index (χ0) is 22.4. The minimum atomic E-state index is -4.50. The van der Waals surface area contributed by atoms with E-state index in [0.717, 1.165) is 12.1 Å². The molecule has 0 radical (unpaired) electrons. The molecule has 0 atom stereocenters. The first kappa shape index (κ1) is 22.0. The summed E-state index contributed by atoms with van der Waals surface area (Å²) in [5, 5.41) is 2.49. The third-order valence-electron chi connectivity index (χ3n) is 4.44. The van der Waals surface area contributed by atoms with Gasteiger partial charge in [0.15, 0.2) is 11.5 Å². The molecule has 1 N–H and O–H groups in total. The van der Waals surface area contributed by atoms with Crippen LogP contribution in [0.25, 0.3) is 0 Å². The van der Waals surface area contributed by atoms with E-state index in [-0.39, 0.29) is 17.9 Å². The van der Waals surface area contributed by atoms with Crippen LogP contribution in [0.4, 0.5) is 18.9 Å². The minimum Gasteiger partial charge on any atom is -0.496 e. The first-order chi connectivity index (χ1) is 14.8. The fraction of sp³-hybridized carbons (Fsp3) is 0.174. The van der Waals surface area contributed by atoms with Gasteiger partial charge >= 0.3 is 6.18 Å². The number of carbonyl (C=O) groups is 1. The molecular formula is C23H20F3NO4. The second-order valence-electron chi connectivity index (χ2n) is 6.50. The molecule has 162 valence electrons. The van der Waals surface area contributed by atoms with E-state index in [1.54, 1.807) is 30.3 Å². The Kier molecular flexibility index (Phi) is 6.69. The highest BCUT2D eigenvalue weighted by Gasteiger charge is 2.30. The lowest BCUT2D eigenvalue weighted by Crippen LogP contribution is -2.14. The average Bonchev–Trinajstić information content (AvgIpc) is 2.77. The van der Waals surface area contributed by atoms with E-state index in [1.807, 2.05) is 6.07 Å². The van der Waals surface area contributed by atoms with Crippen LogP contribution in [-0.2, 0) is 12.8 Å². The monoisotopic (exact) mass is 431 g/mol. The summed E-state index contributed by atoms with van der Waals surface area (Å²) >= 11 is 0. The zero-order valence-electron chi connectivity index (χ0n) is 16.8. The van der Waals surface area contributed by atoms with Gasteiger partial charge in [-0.05, 0) is 48.5 Å². The molecule has 5 nitrogen and oxygen atoms in total. The predicted octanol–water partition coefficient (Wildman–Crippen LogP) is 5.55. The van der Waals surface area contributed by atoms with Crippen LogP contribution in [0.2, 0.25) is 0 Å². The highest BCUT2D eigenvalue weighted by molar-refractivity contribution is 6.04. The molecule has 3 aromatic rings. The van der Waals surface area contributed by atoms with Crippen molar-refractivity contribution in [3.63, 3.8) is 0 Å². The van der Waals surface area contributed by atoms with Crippen LogP contribution in [0.1, 0.15) is 21.5 Å². The molecule has 1 amide bonds. The summed E-state index contributed by atoms with van der Waals surface area (Å²) in [7, 11) is 3.02. The first-order valence-electron chi connectivity index (χ1n) is 9.23. The van der Waals surface area contributed by atoms with E-state index in [9.17, 15) is 18.0 Å². The molecule has 8 heteroatoms. The molecular weight excluding hydrogens is 411 g/mol. The normalized spacial score (nSPS) is 11.0. The highest BCUT2D eigenvalue weighted by atomic mass is 19.4. The molecule has 0 saturated carbocycles. The summed E-state index contributed by atoms with van der Waals surface area (Å²) in [6.07, 6.45) is -4.50. The fourth-order valence-corrected chi connectivity index (χ4v) is 2.90. The van der Waals surface area contributed by atoms with Gasteiger partial charge in [0.05, 0.1) is 19.8 Å². The number of ether oxygens (including phenoxy) is 3. The van der Waals surface area contributed by atoms with Gasteiger partial charge in [0.25, 0.3) is 5.91 Å². The minimum absolute atomic E-state index is 0.0439. The molecule has 0 saturated heterocycles. The standard InChI is InChI=1S/C23H20F3NO4/c1-29-19-11-10-15(12-16(19)14-31-21-9-4-3-8-20(21)30-2)22(28)27-18-7-5-6-17(13-18)23(24,25)26/h3-13H,14H2,1-2H3,(H,27,28). The van der Waals surface area contributed by atoms with Gasteiger partial charge in [0, 0.05) is 16.8 Å². The number of benzene rings is 3. The SMILES string of the molecule is COc1ccc(C(=O)Nc2cccc(C(F)(F)F)c2)cc1COc1ccccc1OC. The van der Waals surface area contributed by atoms with Crippen LogP contribution in [0.15, 0.2) is 66.7 Å². The highest BCUT2D eigenvalue weighted by Crippen LogP contribution is 2.31. The van der Waals surface area contributed by atoms with Crippen LogP contribution in [0, 0.1) is 0 Å². The smallest absolute Gasteiger partial charge is 0.416 e. The average molecular weight is 431 g/mol. The lowest BCUT2D eigenvalue weighted by molar-refractivity contribution is -0.137. The van der Waals surface area contributed by atoms with Crippen LogP contribution in [-0.4, -0.2) is 20.1 Å². The number of rotatable bonds is 7. The molecule has 0 fully saturated rings. The molecule has 0 aliphatic heterocycles. The molecule has 0 bridgehead atoms. The van der Waals surface area contributed by atoms with Crippen molar-refractivity contribution < 1.29 is 32.2 Å². The van der Waals surface area contributed by atoms with E-state index in [1.165, 1.54) is 32.4 Å². The maximum Gasteiger partial charge on any atom is 0.416 e. The second kappa shape index (κ2) is 9.42. The number of alkyl halides is 3.